The van der Waals surface area contributed by atoms with Crippen molar-refractivity contribution in [2.75, 3.05) is 0 Å². The highest BCUT2D eigenvalue weighted by atomic mass is 35.5. The number of imide groups is 1. The van der Waals surface area contributed by atoms with Crippen LogP contribution in [0.5, 0.6) is 0 Å². The predicted octanol–water partition coefficient (Wildman–Crippen LogP) is 3.32. The first-order chi connectivity index (χ1) is 11.0. The number of amides is 2. The van der Waals surface area contributed by atoms with Crippen molar-refractivity contribution in [1.29, 1.82) is 0 Å². The minimum atomic E-state index is -0.774. The van der Waals surface area contributed by atoms with Crippen LogP contribution in [0.25, 0.3) is 5.57 Å². The van der Waals surface area contributed by atoms with Crippen molar-refractivity contribution in [3.8, 4) is 0 Å². The van der Waals surface area contributed by atoms with Gasteiger partial charge in [0, 0.05) is 5.02 Å². The van der Waals surface area contributed by atoms with Crippen LogP contribution in [0.4, 0.5) is 4.39 Å². The third kappa shape index (κ3) is 2.83. The minimum absolute atomic E-state index is 0.0426. The maximum Gasteiger partial charge on any atom is 0.296 e. The number of hydrogen-bond donors (Lipinski definition) is 1. The summed E-state index contributed by atoms with van der Waals surface area (Å²) < 4.78 is 12.9. The summed E-state index contributed by atoms with van der Waals surface area (Å²) in [6.45, 7) is -0.0426. The first-order valence-electron chi connectivity index (χ1n) is 6.77. The molecule has 1 heterocycles. The van der Waals surface area contributed by atoms with Crippen molar-refractivity contribution in [2.24, 2.45) is 0 Å². The molecule has 23 heavy (non-hydrogen) atoms. The molecule has 2 amide bonds. The Morgan fingerprint density at radius 2 is 1.57 bits per heavy atom. The summed E-state index contributed by atoms with van der Waals surface area (Å²) in [5, 5.41) is 10.5. The van der Waals surface area contributed by atoms with Crippen molar-refractivity contribution >= 4 is 29.0 Å². The minimum Gasteiger partial charge on any atom is -0.502 e. The van der Waals surface area contributed by atoms with Crippen LogP contribution < -0.4 is 0 Å². The second-order valence-corrected chi connectivity index (χ2v) is 5.49. The molecular formula is C17H11ClFNO3. The van der Waals surface area contributed by atoms with E-state index in [9.17, 15) is 19.1 Å². The monoisotopic (exact) mass is 331 g/mol. The van der Waals surface area contributed by atoms with Crippen LogP contribution in [-0.2, 0) is 16.1 Å². The molecule has 1 aliphatic heterocycles. The van der Waals surface area contributed by atoms with Crippen molar-refractivity contribution in [2.45, 2.75) is 6.54 Å². The molecule has 1 aliphatic rings. The number of carbonyl (C=O) groups excluding carboxylic acids is 2. The highest BCUT2D eigenvalue weighted by Crippen LogP contribution is 2.29. The van der Waals surface area contributed by atoms with Gasteiger partial charge in [0.15, 0.2) is 5.76 Å². The van der Waals surface area contributed by atoms with Gasteiger partial charge in [0.25, 0.3) is 11.8 Å². The van der Waals surface area contributed by atoms with Crippen molar-refractivity contribution in [3.05, 3.63) is 76.3 Å². The second-order valence-electron chi connectivity index (χ2n) is 5.05. The highest BCUT2D eigenvalue weighted by molar-refractivity contribution is 6.35. The molecule has 0 bridgehead atoms. The molecule has 3 rings (SSSR count). The molecule has 0 radical (unpaired) electrons. The van der Waals surface area contributed by atoms with Crippen LogP contribution in [0.2, 0.25) is 5.02 Å². The van der Waals surface area contributed by atoms with Crippen LogP contribution in [0.3, 0.4) is 0 Å². The van der Waals surface area contributed by atoms with E-state index < -0.39 is 23.4 Å². The number of aliphatic hydroxyl groups excluding tert-OH is 1. The summed E-state index contributed by atoms with van der Waals surface area (Å²) in [7, 11) is 0. The zero-order valence-corrected chi connectivity index (χ0v) is 12.5. The molecule has 0 spiro atoms. The molecule has 0 fully saturated rings. The molecule has 116 valence electrons. The number of carbonyl (C=O) groups is 2. The molecule has 1 N–H and O–H groups in total. The van der Waals surface area contributed by atoms with Gasteiger partial charge < -0.3 is 5.11 Å². The topological polar surface area (TPSA) is 57.6 Å². The normalized spacial score (nSPS) is 14.8. The Labute approximate surface area is 136 Å². The maximum absolute atomic E-state index is 12.9. The number of benzene rings is 2. The van der Waals surface area contributed by atoms with Crippen LogP contribution in [0, 0.1) is 5.82 Å². The van der Waals surface area contributed by atoms with Gasteiger partial charge in [0.1, 0.15) is 5.82 Å². The van der Waals surface area contributed by atoms with E-state index in [2.05, 4.69) is 0 Å². The standard InChI is InChI=1S/C17H11ClFNO3/c18-12-5-3-11(4-6-12)14-15(21)17(23)20(16(14)22)9-10-1-7-13(19)8-2-10/h1-8,21H,9H2. The molecule has 0 atom stereocenters. The van der Waals surface area contributed by atoms with Gasteiger partial charge in [-0.05, 0) is 35.4 Å². The number of aliphatic hydroxyl groups is 1. The third-order valence-corrected chi connectivity index (χ3v) is 3.78. The van der Waals surface area contributed by atoms with Gasteiger partial charge in [-0.15, -0.1) is 0 Å². The summed E-state index contributed by atoms with van der Waals surface area (Å²) in [6.07, 6.45) is 0. The van der Waals surface area contributed by atoms with E-state index in [1.165, 1.54) is 24.3 Å². The van der Waals surface area contributed by atoms with E-state index in [1.807, 2.05) is 0 Å². The molecule has 4 nitrogen and oxygen atoms in total. The van der Waals surface area contributed by atoms with E-state index in [-0.39, 0.29) is 12.1 Å². The van der Waals surface area contributed by atoms with E-state index in [0.29, 0.717) is 16.1 Å². The van der Waals surface area contributed by atoms with E-state index in [0.717, 1.165) is 4.90 Å². The molecule has 2 aromatic rings. The lowest BCUT2D eigenvalue weighted by Crippen LogP contribution is -2.31. The first-order valence-corrected chi connectivity index (χ1v) is 7.15. The third-order valence-electron chi connectivity index (χ3n) is 3.53. The lowest BCUT2D eigenvalue weighted by atomic mass is 10.1. The average Bonchev–Trinajstić information content (AvgIpc) is 2.74. The molecule has 0 saturated carbocycles. The summed E-state index contributed by atoms with van der Waals surface area (Å²) in [4.78, 5) is 25.5. The fourth-order valence-corrected chi connectivity index (χ4v) is 2.48. The lowest BCUT2D eigenvalue weighted by molar-refractivity contribution is -0.138. The average molecular weight is 332 g/mol. The van der Waals surface area contributed by atoms with Crippen LogP contribution >= 0.6 is 11.6 Å². The molecule has 0 unspecified atom stereocenters. The van der Waals surface area contributed by atoms with Gasteiger partial charge in [-0.25, -0.2) is 4.39 Å². The Balaban J connectivity index is 1.89. The molecule has 0 aliphatic carbocycles. The Morgan fingerprint density at radius 1 is 0.957 bits per heavy atom. The van der Waals surface area contributed by atoms with Crippen molar-refractivity contribution < 1.29 is 19.1 Å². The van der Waals surface area contributed by atoms with Crippen molar-refractivity contribution in [3.63, 3.8) is 0 Å². The second kappa shape index (κ2) is 5.85. The highest BCUT2D eigenvalue weighted by Gasteiger charge is 2.39. The Kier molecular flexibility index (Phi) is 3.88. The number of rotatable bonds is 3. The van der Waals surface area contributed by atoms with Gasteiger partial charge in [-0.1, -0.05) is 35.9 Å². The summed E-state index contributed by atoms with van der Waals surface area (Å²) in [5.41, 5.74) is 0.930. The Hall–Kier alpha value is -2.66. The summed E-state index contributed by atoms with van der Waals surface area (Å²) in [6, 6.07) is 11.7. The van der Waals surface area contributed by atoms with E-state index in [4.69, 9.17) is 11.6 Å². The molecular weight excluding hydrogens is 321 g/mol. The Morgan fingerprint density at radius 3 is 2.17 bits per heavy atom. The Bertz CT molecular complexity index is 813. The van der Waals surface area contributed by atoms with Gasteiger partial charge in [-0.2, -0.15) is 0 Å². The summed E-state index contributed by atoms with van der Waals surface area (Å²) >= 11 is 5.80. The molecule has 0 saturated heterocycles. The largest absolute Gasteiger partial charge is 0.502 e. The fraction of sp³-hybridized carbons (Fsp3) is 0.0588. The maximum atomic E-state index is 12.9. The quantitative estimate of drug-likeness (QED) is 0.878. The molecule has 0 aromatic heterocycles. The molecule has 2 aromatic carbocycles. The van der Waals surface area contributed by atoms with Gasteiger partial charge in [0.05, 0.1) is 12.1 Å². The van der Waals surface area contributed by atoms with E-state index >= 15 is 0 Å². The van der Waals surface area contributed by atoms with E-state index in [1.54, 1.807) is 24.3 Å². The number of hydrogen-bond acceptors (Lipinski definition) is 3. The van der Waals surface area contributed by atoms with Gasteiger partial charge in [0.2, 0.25) is 0 Å². The molecule has 6 heteroatoms. The number of halogens is 2. The van der Waals surface area contributed by atoms with Crippen LogP contribution in [0.1, 0.15) is 11.1 Å². The SMILES string of the molecule is O=C1C(O)=C(c2ccc(Cl)cc2)C(=O)N1Cc1ccc(F)cc1. The zero-order valence-electron chi connectivity index (χ0n) is 11.8. The van der Waals surface area contributed by atoms with Crippen molar-refractivity contribution in [1.82, 2.24) is 4.90 Å². The van der Waals surface area contributed by atoms with Gasteiger partial charge in [-0.3, -0.25) is 14.5 Å². The number of nitrogens with zero attached hydrogens (tertiary/aromatic N) is 1. The summed E-state index contributed by atoms with van der Waals surface area (Å²) in [5.74, 6) is -2.38. The first kappa shape index (κ1) is 15.2. The van der Waals surface area contributed by atoms with Gasteiger partial charge >= 0.3 is 0 Å². The smallest absolute Gasteiger partial charge is 0.296 e. The van der Waals surface area contributed by atoms with Crippen LogP contribution in [0.15, 0.2) is 54.3 Å². The zero-order chi connectivity index (χ0) is 16.6. The van der Waals surface area contributed by atoms with Crippen LogP contribution in [-0.4, -0.2) is 21.8 Å². The fourth-order valence-electron chi connectivity index (χ4n) is 2.36. The predicted molar refractivity (Wildman–Crippen MR) is 83.0 cm³/mol. The lowest BCUT2D eigenvalue weighted by Gasteiger charge is -2.14.